The molecule has 1 aliphatic rings. The molecule has 5 nitrogen and oxygen atoms in total. The van der Waals surface area contributed by atoms with Gasteiger partial charge in [0, 0.05) is 11.8 Å². The van der Waals surface area contributed by atoms with Gasteiger partial charge in [-0.15, -0.1) is 12.4 Å². The van der Waals surface area contributed by atoms with Crippen LogP contribution in [0.2, 0.25) is 0 Å². The summed E-state index contributed by atoms with van der Waals surface area (Å²) >= 11 is 0. The lowest BCUT2D eigenvalue weighted by Crippen LogP contribution is -2.15. The molecule has 0 bridgehead atoms. The first-order valence-corrected chi connectivity index (χ1v) is 7.17. The molecule has 0 aliphatic carbocycles. The molecule has 0 saturated carbocycles. The summed E-state index contributed by atoms with van der Waals surface area (Å²) in [5, 5.41) is 14.4. The van der Waals surface area contributed by atoms with Crippen LogP contribution in [0.15, 0.2) is 18.3 Å². The van der Waals surface area contributed by atoms with Crippen molar-refractivity contribution in [2.24, 2.45) is 5.92 Å². The van der Waals surface area contributed by atoms with Crippen molar-refractivity contribution in [3.05, 3.63) is 23.9 Å². The van der Waals surface area contributed by atoms with E-state index in [1.165, 1.54) is 6.42 Å². The number of fused-ring (bicyclic) bond motifs is 1. The van der Waals surface area contributed by atoms with Crippen LogP contribution in [0.1, 0.15) is 24.8 Å². The van der Waals surface area contributed by atoms with E-state index in [-0.39, 0.29) is 18.3 Å². The maximum absolute atomic E-state index is 12.1. The third-order valence-corrected chi connectivity index (χ3v) is 4.05. The molecule has 1 saturated heterocycles. The number of aromatic amines is 1. The van der Waals surface area contributed by atoms with Gasteiger partial charge in [-0.3, -0.25) is 9.89 Å². The number of carbonyl (C=O) groups is 1. The van der Waals surface area contributed by atoms with E-state index in [1.807, 2.05) is 19.1 Å². The van der Waals surface area contributed by atoms with Crippen LogP contribution in [-0.2, 0) is 4.79 Å². The number of halogens is 1. The quantitative estimate of drug-likeness (QED) is 0.813. The van der Waals surface area contributed by atoms with Crippen molar-refractivity contribution in [2.75, 3.05) is 18.4 Å². The minimum absolute atomic E-state index is 0. The number of rotatable bonds is 4. The molecule has 1 aromatic carbocycles. The Bertz CT molecular complexity index is 619. The molecule has 1 unspecified atom stereocenters. The number of carbonyl (C=O) groups excluding carboxylic acids is 1. The number of anilines is 1. The van der Waals surface area contributed by atoms with E-state index in [0.29, 0.717) is 12.3 Å². The Hall–Kier alpha value is -1.59. The van der Waals surface area contributed by atoms with E-state index >= 15 is 0 Å². The van der Waals surface area contributed by atoms with Gasteiger partial charge in [0.2, 0.25) is 5.91 Å². The number of nitrogens with one attached hydrogen (secondary N) is 3. The van der Waals surface area contributed by atoms with E-state index in [1.54, 1.807) is 6.20 Å². The van der Waals surface area contributed by atoms with Crippen LogP contribution >= 0.6 is 12.4 Å². The van der Waals surface area contributed by atoms with Crippen molar-refractivity contribution >= 4 is 34.9 Å². The Kier molecular flexibility index (Phi) is 5.20. The van der Waals surface area contributed by atoms with Crippen LogP contribution in [-0.4, -0.2) is 29.2 Å². The molecular formula is C15H21ClN4O. The molecule has 1 fully saturated rings. The molecule has 0 radical (unpaired) electrons. The predicted molar refractivity (Wildman–Crippen MR) is 86.9 cm³/mol. The summed E-state index contributed by atoms with van der Waals surface area (Å²) in [5.41, 5.74) is 2.88. The van der Waals surface area contributed by atoms with Crippen molar-refractivity contribution in [3.63, 3.8) is 0 Å². The van der Waals surface area contributed by atoms with Crippen molar-refractivity contribution in [1.82, 2.24) is 15.5 Å². The van der Waals surface area contributed by atoms with Gasteiger partial charge in [-0.1, -0.05) is 6.07 Å². The Morgan fingerprint density at radius 1 is 1.48 bits per heavy atom. The SMILES string of the molecule is Cc1ccc(NC(=O)CCC2CCNC2)c2[nH]ncc12.Cl. The van der Waals surface area contributed by atoms with Crippen LogP contribution < -0.4 is 10.6 Å². The number of amides is 1. The molecule has 3 rings (SSSR count). The Balaban J connectivity index is 0.00000161. The molecule has 1 amide bonds. The first-order chi connectivity index (χ1) is 9.74. The third kappa shape index (κ3) is 3.54. The van der Waals surface area contributed by atoms with Gasteiger partial charge in [-0.05, 0) is 50.4 Å². The number of benzene rings is 1. The fourth-order valence-electron chi connectivity index (χ4n) is 2.78. The molecule has 21 heavy (non-hydrogen) atoms. The molecular weight excluding hydrogens is 288 g/mol. The average Bonchev–Trinajstić information content (AvgIpc) is 3.10. The van der Waals surface area contributed by atoms with Crippen LogP contribution in [0.5, 0.6) is 0 Å². The summed E-state index contributed by atoms with van der Waals surface area (Å²) in [6.07, 6.45) is 4.51. The number of hydrogen-bond donors (Lipinski definition) is 3. The molecule has 3 N–H and O–H groups in total. The van der Waals surface area contributed by atoms with Crippen LogP contribution in [0.3, 0.4) is 0 Å². The van der Waals surface area contributed by atoms with Gasteiger partial charge < -0.3 is 10.6 Å². The predicted octanol–water partition coefficient (Wildman–Crippen LogP) is 2.62. The Morgan fingerprint density at radius 2 is 2.33 bits per heavy atom. The van der Waals surface area contributed by atoms with E-state index in [2.05, 4.69) is 20.8 Å². The van der Waals surface area contributed by atoms with E-state index < -0.39 is 0 Å². The molecule has 114 valence electrons. The fraction of sp³-hybridized carbons (Fsp3) is 0.467. The summed E-state index contributed by atoms with van der Waals surface area (Å²) in [5.74, 6) is 0.725. The van der Waals surface area contributed by atoms with Crippen molar-refractivity contribution in [2.45, 2.75) is 26.2 Å². The second-order valence-corrected chi connectivity index (χ2v) is 5.53. The highest BCUT2D eigenvalue weighted by molar-refractivity contribution is 6.01. The zero-order valence-corrected chi connectivity index (χ0v) is 12.9. The first kappa shape index (κ1) is 15.8. The number of nitrogens with zero attached hydrogens (tertiary/aromatic N) is 1. The van der Waals surface area contributed by atoms with Gasteiger partial charge in [-0.25, -0.2) is 0 Å². The normalized spacial score (nSPS) is 17.7. The molecule has 1 aliphatic heterocycles. The summed E-state index contributed by atoms with van der Waals surface area (Å²) < 4.78 is 0. The Labute approximate surface area is 130 Å². The van der Waals surface area contributed by atoms with Gasteiger partial charge in [0.15, 0.2) is 0 Å². The lowest BCUT2D eigenvalue weighted by atomic mass is 10.0. The van der Waals surface area contributed by atoms with E-state index in [9.17, 15) is 4.79 Å². The van der Waals surface area contributed by atoms with Crippen LogP contribution in [0.25, 0.3) is 10.9 Å². The monoisotopic (exact) mass is 308 g/mol. The first-order valence-electron chi connectivity index (χ1n) is 7.17. The number of H-pyrrole nitrogens is 1. The number of aryl methyl sites for hydroxylation is 1. The average molecular weight is 309 g/mol. The summed E-state index contributed by atoms with van der Waals surface area (Å²) in [6.45, 7) is 4.16. The standard InChI is InChI=1S/C15H20N4O.ClH/c1-10-2-4-13(15-12(10)9-17-19-15)18-14(20)5-3-11-6-7-16-8-11;/h2,4,9,11,16H,3,5-8H2,1H3,(H,17,19)(H,18,20);1H. The minimum atomic E-state index is 0. The highest BCUT2D eigenvalue weighted by Crippen LogP contribution is 2.24. The summed E-state index contributed by atoms with van der Waals surface area (Å²) in [7, 11) is 0. The molecule has 6 heteroatoms. The fourth-order valence-corrected chi connectivity index (χ4v) is 2.78. The largest absolute Gasteiger partial charge is 0.324 e. The van der Waals surface area contributed by atoms with Crippen molar-refractivity contribution < 1.29 is 4.79 Å². The lowest BCUT2D eigenvalue weighted by molar-refractivity contribution is -0.116. The van der Waals surface area contributed by atoms with Gasteiger partial charge in [-0.2, -0.15) is 5.10 Å². The van der Waals surface area contributed by atoms with E-state index in [0.717, 1.165) is 41.7 Å². The maximum Gasteiger partial charge on any atom is 0.224 e. The number of hydrogen-bond acceptors (Lipinski definition) is 3. The molecule has 1 atom stereocenters. The zero-order chi connectivity index (χ0) is 13.9. The van der Waals surface area contributed by atoms with Crippen molar-refractivity contribution in [3.8, 4) is 0 Å². The topological polar surface area (TPSA) is 69.8 Å². The second-order valence-electron chi connectivity index (χ2n) is 5.53. The van der Waals surface area contributed by atoms with Crippen LogP contribution in [0.4, 0.5) is 5.69 Å². The van der Waals surface area contributed by atoms with Gasteiger partial charge >= 0.3 is 0 Å². The maximum atomic E-state index is 12.1. The Morgan fingerprint density at radius 3 is 3.10 bits per heavy atom. The number of aromatic nitrogens is 2. The second kappa shape index (κ2) is 6.91. The van der Waals surface area contributed by atoms with E-state index in [4.69, 9.17) is 0 Å². The highest BCUT2D eigenvalue weighted by atomic mass is 35.5. The molecule has 1 aromatic heterocycles. The molecule has 2 aromatic rings. The zero-order valence-electron chi connectivity index (χ0n) is 12.1. The summed E-state index contributed by atoms with van der Waals surface area (Å²) in [6, 6.07) is 3.94. The smallest absolute Gasteiger partial charge is 0.224 e. The molecule has 0 spiro atoms. The molecule has 2 heterocycles. The highest BCUT2D eigenvalue weighted by Gasteiger charge is 2.16. The third-order valence-electron chi connectivity index (χ3n) is 4.05. The van der Waals surface area contributed by atoms with Gasteiger partial charge in [0.1, 0.15) is 0 Å². The lowest BCUT2D eigenvalue weighted by Gasteiger charge is -2.10. The van der Waals surface area contributed by atoms with Gasteiger partial charge in [0.05, 0.1) is 17.4 Å². The van der Waals surface area contributed by atoms with Crippen LogP contribution in [0, 0.1) is 12.8 Å². The summed E-state index contributed by atoms with van der Waals surface area (Å²) in [4.78, 5) is 12.1. The minimum Gasteiger partial charge on any atom is -0.324 e. The van der Waals surface area contributed by atoms with Gasteiger partial charge in [0.25, 0.3) is 0 Å². The van der Waals surface area contributed by atoms with Crippen molar-refractivity contribution in [1.29, 1.82) is 0 Å².